The Morgan fingerprint density at radius 3 is 1.36 bits per heavy atom. The summed E-state index contributed by atoms with van der Waals surface area (Å²) >= 11 is 1.81. The maximum atomic E-state index is 5.16. The van der Waals surface area contributed by atoms with Gasteiger partial charge in [-0.15, -0.1) is 11.3 Å². The summed E-state index contributed by atoms with van der Waals surface area (Å²) in [6, 6.07) is 67.0. The zero-order valence-electron chi connectivity index (χ0n) is 29.6. The van der Waals surface area contributed by atoms with E-state index >= 15 is 0 Å². The summed E-state index contributed by atoms with van der Waals surface area (Å²) in [5, 5.41) is 10.1. The molecule has 4 heteroatoms. The van der Waals surface area contributed by atoms with E-state index in [1.807, 2.05) is 18.2 Å². The van der Waals surface area contributed by atoms with Crippen molar-refractivity contribution >= 4 is 63.8 Å². The highest BCUT2D eigenvalue weighted by molar-refractivity contribution is 7.25. The lowest BCUT2D eigenvalue weighted by Crippen LogP contribution is -2.00. The van der Waals surface area contributed by atoms with Gasteiger partial charge < -0.3 is 0 Å². The highest BCUT2D eigenvalue weighted by Crippen LogP contribution is 2.40. The van der Waals surface area contributed by atoms with Crippen LogP contribution in [0, 0.1) is 0 Å². The van der Waals surface area contributed by atoms with Crippen molar-refractivity contribution in [3.05, 3.63) is 188 Å². The van der Waals surface area contributed by atoms with Gasteiger partial charge >= 0.3 is 0 Å². The van der Waals surface area contributed by atoms with E-state index in [1.54, 1.807) is 11.3 Å². The number of aromatic nitrogens is 3. The van der Waals surface area contributed by atoms with Crippen LogP contribution in [-0.2, 0) is 0 Å². The summed E-state index contributed by atoms with van der Waals surface area (Å²) in [6.45, 7) is 0. The van der Waals surface area contributed by atoms with Gasteiger partial charge in [-0.05, 0) is 84.9 Å². The van der Waals surface area contributed by atoms with Gasteiger partial charge in [-0.1, -0.05) is 158 Å². The number of fused-ring (bicyclic) bond motifs is 9. The first kappa shape index (κ1) is 31.5. The largest absolute Gasteiger partial charge is 0.208 e. The van der Waals surface area contributed by atoms with Gasteiger partial charge in [0.1, 0.15) is 0 Å². The molecule has 0 N–H and O–H groups in total. The van der Waals surface area contributed by atoms with Gasteiger partial charge in [-0.2, -0.15) is 0 Å². The second-order valence-electron chi connectivity index (χ2n) is 14.0. The molecule has 11 rings (SSSR count). The fourth-order valence-corrected chi connectivity index (χ4v) is 9.13. The van der Waals surface area contributed by atoms with Crippen LogP contribution in [0.3, 0.4) is 0 Å². The van der Waals surface area contributed by atoms with Crippen molar-refractivity contribution in [1.82, 2.24) is 15.0 Å². The van der Waals surface area contributed by atoms with E-state index in [-0.39, 0.29) is 0 Å². The molecule has 0 atom stereocenters. The van der Waals surface area contributed by atoms with E-state index in [1.165, 1.54) is 63.6 Å². The molecule has 0 aliphatic carbocycles. The van der Waals surface area contributed by atoms with E-state index in [0.717, 1.165) is 27.8 Å². The van der Waals surface area contributed by atoms with Crippen molar-refractivity contribution in [2.24, 2.45) is 0 Å². The van der Waals surface area contributed by atoms with Crippen LogP contribution in [0.15, 0.2) is 188 Å². The molecule has 0 spiro atoms. The zero-order valence-corrected chi connectivity index (χ0v) is 30.5. The summed E-state index contributed by atoms with van der Waals surface area (Å²) in [5.74, 6) is 1.95. The molecular formula is C51H31N3S. The predicted molar refractivity (Wildman–Crippen MR) is 232 cm³/mol. The summed E-state index contributed by atoms with van der Waals surface area (Å²) in [4.78, 5) is 15.3. The van der Waals surface area contributed by atoms with E-state index in [2.05, 4.69) is 170 Å². The molecule has 2 aromatic heterocycles. The molecule has 0 fully saturated rings. The van der Waals surface area contributed by atoms with Crippen LogP contribution in [0.2, 0.25) is 0 Å². The number of rotatable bonds is 5. The average molecular weight is 718 g/mol. The Bertz CT molecular complexity index is 3220. The minimum atomic E-state index is 0.645. The Kier molecular flexibility index (Phi) is 7.35. The Morgan fingerprint density at radius 1 is 0.236 bits per heavy atom. The number of nitrogens with zero attached hydrogens (tertiary/aromatic N) is 3. The number of thiophene rings is 1. The normalized spacial score (nSPS) is 11.6. The monoisotopic (exact) mass is 717 g/mol. The molecule has 3 nitrogen and oxygen atoms in total. The molecule has 11 aromatic rings. The van der Waals surface area contributed by atoms with Gasteiger partial charge in [0.05, 0.1) is 0 Å². The lowest BCUT2D eigenvalue weighted by atomic mass is 9.92. The van der Waals surface area contributed by atoms with Crippen molar-refractivity contribution in [3.63, 3.8) is 0 Å². The predicted octanol–water partition coefficient (Wildman–Crippen LogP) is 14.0. The van der Waals surface area contributed by atoms with Crippen LogP contribution in [-0.4, -0.2) is 15.0 Å². The van der Waals surface area contributed by atoms with Crippen molar-refractivity contribution in [1.29, 1.82) is 0 Å². The Morgan fingerprint density at radius 2 is 0.673 bits per heavy atom. The topological polar surface area (TPSA) is 38.7 Å². The van der Waals surface area contributed by atoms with Crippen molar-refractivity contribution in [2.45, 2.75) is 0 Å². The summed E-state index contributed by atoms with van der Waals surface area (Å²) < 4.78 is 2.47. The van der Waals surface area contributed by atoms with Gasteiger partial charge in [0, 0.05) is 36.9 Å². The first-order valence-corrected chi connectivity index (χ1v) is 19.3. The van der Waals surface area contributed by atoms with E-state index in [0.29, 0.717) is 17.5 Å². The van der Waals surface area contributed by atoms with Gasteiger partial charge in [0.2, 0.25) is 0 Å². The third kappa shape index (κ3) is 5.46. The molecule has 0 aliphatic rings. The number of benzene rings is 9. The van der Waals surface area contributed by atoms with E-state index < -0.39 is 0 Å². The first-order chi connectivity index (χ1) is 27.2. The van der Waals surface area contributed by atoms with Gasteiger partial charge in [-0.25, -0.2) is 15.0 Å². The summed E-state index contributed by atoms with van der Waals surface area (Å²) in [5.41, 5.74) is 7.57. The fourth-order valence-electron chi connectivity index (χ4n) is 8.00. The lowest BCUT2D eigenvalue weighted by Gasteiger charge is -2.13. The Labute approximate surface area is 321 Å². The van der Waals surface area contributed by atoms with Crippen LogP contribution >= 0.6 is 11.3 Å². The van der Waals surface area contributed by atoms with Crippen LogP contribution < -0.4 is 0 Å². The third-order valence-corrected chi connectivity index (χ3v) is 11.8. The third-order valence-electron chi connectivity index (χ3n) is 10.7. The van der Waals surface area contributed by atoms with Crippen molar-refractivity contribution in [3.8, 4) is 56.4 Å². The summed E-state index contributed by atoms with van der Waals surface area (Å²) in [6.07, 6.45) is 0. The standard InChI is InChI=1S/C51H31N3S/c1-3-12-32(13-4-1)35-24-27-47-46(30-35)44-26-23-38(31-48(44)55-47)51-53-49(33-14-5-2-6-15-33)52-50(54-51)37-17-11-16-34(28-37)36-22-25-43-41-20-8-7-18-39(41)40-19-9-10-21-42(40)45(43)29-36/h1-31H. The molecule has 0 aliphatic heterocycles. The molecule has 256 valence electrons. The molecule has 0 radical (unpaired) electrons. The van der Waals surface area contributed by atoms with Crippen LogP contribution in [0.5, 0.6) is 0 Å². The molecular weight excluding hydrogens is 687 g/mol. The smallest absolute Gasteiger partial charge is 0.164 e. The maximum Gasteiger partial charge on any atom is 0.164 e. The van der Waals surface area contributed by atoms with Crippen molar-refractivity contribution < 1.29 is 0 Å². The van der Waals surface area contributed by atoms with Crippen LogP contribution in [0.1, 0.15) is 0 Å². The quantitative estimate of drug-likeness (QED) is 0.166. The van der Waals surface area contributed by atoms with Gasteiger partial charge in [0.15, 0.2) is 17.5 Å². The van der Waals surface area contributed by atoms with Crippen LogP contribution in [0.4, 0.5) is 0 Å². The second-order valence-corrected chi connectivity index (χ2v) is 15.1. The Hall–Kier alpha value is -7.01. The average Bonchev–Trinajstić information content (AvgIpc) is 3.64. The molecule has 0 unspecified atom stereocenters. The van der Waals surface area contributed by atoms with Gasteiger partial charge in [-0.3, -0.25) is 0 Å². The molecule has 0 saturated heterocycles. The van der Waals surface area contributed by atoms with Gasteiger partial charge in [0.25, 0.3) is 0 Å². The lowest BCUT2D eigenvalue weighted by molar-refractivity contribution is 1.07. The van der Waals surface area contributed by atoms with Crippen LogP contribution in [0.25, 0.3) is 109 Å². The highest BCUT2D eigenvalue weighted by atomic mass is 32.1. The molecule has 9 aromatic carbocycles. The van der Waals surface area contributed by atoms with E-state index in [9.17, 15) is 0 Å². The molecule has 0 amide bonds. The molecule has 2 heterocycles. The molecule has 0 bridgehead atoms. The maximum absolute atomic E-state index is 5.16. The minimum absolute atomic E-state index is 0.645. The first-order valence-electron chi connectivity index (χ1n) is 18.5. The SMILES string of the molecule is c1ccc(-c2ccc3sc4cc(-c5nc(-c6ccccc6)nc(-c6cccc(-c7ccc8c9ccccc9c9ccccc9c8c7)c6)n5)ccc4c3c2)cc1. The number of hydrogen-bond donors (Lipinski definition) is 0. The number of hydrogen-bond acceptors (Lipinski definition) is 4. The van der Waals surface area contributed by atoms with Crippen molar-refractivity contribution in [2.75, 3.05) is 0 Å². The Balaban J connectivity index is 1.03. The molecule has 0 saturated carbocycles. The van der Waals surface area contributed by atoms with E-state index in [4.69, 9.17) is 15.0 Å². The fraction of sp³-hybridized carbons (Fsp3) is 0. The summed E-state index contributed by atoms with van der Waals surface area (Å²) in [7, 11) is 0. The second kappa shape index (κ2) is 12.8. The highest BCUT2D eigenvalue weighted by Gasteiger charge is 2.16. The minimum Gasteiger partial charge on any atom is -0.208 e. The molecule has 55 heavy (non-hydrogen) atoms. The zero-order chi connectivity index (χ0) is 36.3.